The van der Waals surface area contributed by atoms with Gasteiger partial charge in [-0.25, -0.2) is 0 Å². The van der Waals surface area contributed by atoms with Crippen molar-refractivity contribution in [3.63, 3.8) is 0 Å². The van der Waals surface area contributed by atoms with E-state index in [0.717, 1.165) is 5.06 Å². The second kappa shape index (κ2) is 2.84. The number of hydrogen-bond donors (Lipinski definition) is 0. The summed E-state index contributed by atoms with van der Waals surface area (Å²) in [5.41, 5.74) is 0. The first-order chi connectivity index (χ1) is 5.77. The van der Waals surface area contributed by atoms with Gasteiger partial charge < -0.3 is 4.74 Å². The van der Waals surface area contributed by atoms with Gasteiger partial charge in [0.15, 0.2) is 0 Å². The van der Waals surface area contributed by atoms with Gasteiger partial charge in [0.05, 0.1) is 6.61 Å². The van der Waals surface area contributed by atoms with Crippen LogP contribution in [0.2, 0.25) is 0 Å². The molecule has 1 unspecified atom stereocenters. The third kappa shape index (κ3) is 1.46. The van der Waals surface area contributed by atoms with Crippen LogP contribution in [0.4, 0.5) is 0 Å². The van der Waals surface area contributed by atoms with Crippen LogP contribution < -0.4 is 0 Å². The summed E-state index contributed by atoms with van der Waals surface area (Å²) in [6.45, 7) is 0.966. The molecular formula is C7H9NO4. The number of hydroxylamine groups is 2. The minimum Gasteiger partial charge on any atom is -0.371 e. The quantitative estimate of drug-likeness (QED) is 0.423. The second-order valence-corrected chi connectivity index (χ2v) is 2.83. The molecule has 0 aromatic carbocycles. The van der Waals surface area contributed by atoms with Gasteiger partial charge in [0, 0.05) is 12.8 Å². The molecule has 0 radical (unpaired) electrons. The van der Waals surface area contributed by atoms with Crippen molar-refractivity contribution in [1.29, 1.82) is 0 Å². The minimum atomic E-state index is -0.249. The molecule has 0 aromatic heterocycles. The topological polar surface area (TPSA) is 59.1 Å². The number of amides is 2. The van der Waals surface area contributed by atoms with Crippen molar-refractivity contribution in [2.75, 3.05) is 13.2 Å². The summed E-state index contributed by atoms with van der Waals surface area (Å²) in [4.78, 5) is 26.9. The molecule has 0 spiro atoms. The zero-order valence-electron chi connectivity index (χ0n) is 6.49. The van der Waals surface area contributed by atoms with Gasteiger partial charge in [-0.3, -0.25) is 14.4 Å². The number of hydrogen-bond acceptors (Lipinski definition) is 4. The predicted octanol–water partition coefficient (Wildman–Crippen LogP) is -0.534. The van der Waals surface area contributed by atoms with Crippen molar-refractivity contribution in [1.82, 2.24) is 5.06 Å². The number of epoxide rings is 1. The summed E-state index contributed by atoms with van der Waals surface area (Å²) < 4.78 is 4.86. The highest BCUT2D eigenvalue weighted by atomic mass is 16.7. The highest BCUT2D eigenvalue weighted by molar-refractivity contribution is 6.00. The van der Waals surface area contributed by atoms with Crippen molar-refractivity contribution in [2.45, 2.75) is 18.9 Å². The van der Waals surface area contributed by atoms with E-state index in [9.17, 15) is 9.59 Å². The van der Waals surface area contributed by atoms with Crippen LogP contribution in [0.1, 0.15) is 12.8 Å². The van der Waals surface area contributed by atoms with E-state index in [1.54, 1.807) is 0 Å². The maximum absolute atomic E-state index is 11.0. The molecule has 0 N–H and O–H groups in total. The Labute approximate surface area is 69.2 Å². The van der Waals surface area contributed by atoms with Crippen LogP contribution in [-0.4, -0.2) is 36.2 Å². The van der Waals surface area contributed by atoms with Crippen molar-refractivity contribution in [3.8, 4) is 0 Å². The van der Waals surface area contributed by atoms with E-state index >= 15 is 0 Å². The average molecular weight is 171 g/mol. The van der Waals surface area contributed by atoms with E-state index in [2.05, 4.69) is 0 Å². The molecule has 0 saturated carbocycles. The monoisotopic (exact) mass is 171 g/mol. The molecule has 2 heterocycles. The summed E-state index contributed by atoms with van der Waals surface area (Å²) >= 11 is 0. The molecule has 1 atom stereocenters. The van der Waals surface area contributed by atoms with Crippen LogP contribution in [0.15, 0.2) is 0 Å². The fourth-order valence-corrected chi connectivity index (χ4v) is 1.02. The molecule has 2 saturated heterocycles. The number of imide groups is 1. The third-order valence-corrected chi connectivity index (χ3v) is 1.80. The van der Waals surface area contributed by atoms with Crippen LogP contribution in [0, 0.1) is 0 Å². The molecule has 2 aliphatic rings. The van der Waals surface area contributed by atoms with E-state index in [1.807, 2.05) is 0 Å². The number of carbonyl (C=O) groups excluding carboxylic acids is 2. The lowest BCUT2D eigenvalue weighted by Crippen LogP contribution is -2.30. The number of ether oxygens (including phenoxy) is 1. The Kier molecular flexibility index (Phi) is 1.82. The second-order valence-electron chi connectivity index (χ2n) is 2.83. The first-order valence-electron chi connectivity index (χ1n) is 3.87. The molecule has 2 fully saturated rings. The maximum Gasteiger partial charge on any atom is 0.253 e. The highest BCUT2D eigenvalue weighted by Crippen LogP contribution is 2.15. The number of nitrogens with zero attached hydrogens (tertiary/aromatic N) is 1. The molecule has 0 bridgehead atoms. The standard InChI is InChI=1S/C7H9NO4/c9-6-1-2-7(10)8(6)12-4-5-3-11-5/h5H,1-4H2. The summed E-state index contributed by atoms with van der Waals surface area (Å²) in [5, 5.41) is 0.849. The van der Waals surface area contributed by atoms with Gasteiger partial charge in [0.2, 0.25) is 0 Å². The Morgan fingerprint density at radius 1 is 1.42 bits per heavy atom. The van der Waals surface area contributed by atoms with E-state index in [4.69, 9.17) is 9.57 Å². The molecule has 5 nitrogen and oxygen atoms in total. The van der Waals surface area contributed by atoms with Crippen LogP contribution in [0.3, 0.4) is 0 Å². The average Bonchev–Trinajstić information content (AvgIpc) is 2.80. The van der Waals surface area contributed by atoms with Crippen LogP contribution in [-0.2, 0) is 19.2 Å². The van der Waals surface area contributed by atoms with Gasteiger partial charge in [-0.2, -0.15) is 5.06 Å². The van der Waals surface area contributed by atoms with Gasteiger partial charge >= 0.3 is 0 Å². The van der Waals surface area contributed by atoms with Crippen LogP contribution >= 0.6 is 0 Å². The Morgan fingerprint density at radius 2 is 2.00 bits per heavy atom. The third-order valence-electron chi connectivity index (χ3n) is 1.80. The summed E-state index contributed by atoms with van der Waals surface area (Å²) in [7, 11) is 0. The van der Waals surface area contributed by atoms with E-state index < -0.39 is 0 Å². The van der Waals surface area contributed by atoms with Crippen molar-refractivity contribution < 1.29 is 19.2 Å². The lowest BCUT2D eigenvalue weighted by molar-refractivity contribution is -0.188. The normalized spacial score (nSPS) is 28.3. The lowest BCUT2D eigenvalue weighted by atomic mass is 10.4. The molecule has 5 heteroatoms. The molecule has 0 aromatic rings. The van der Waals surface area contributed by atoms with E-state index in [1.165, 1.54) is 0 Å². The zero-order chi connectivity index (χ0) is 8.55. The Morgan fingerprint density at radius 3 is 2.50 bits per heavy atom. The Bertz CT molecular complexity index is 207. The van der Waals surface area contributed by atoms with Gasteiger partial charge in [-0.05, 0) is 0 Å². The number of rotatable bonds is 3. The molecule has 2 aliphatic heterocycles. The molecule has 2 amide bonds. The van der Waals surface area contributed by atoms with Gasteiger partial charge in [-0.1, -0.05) is 0 Å². The first kappa shape index (κ1) is 7.70. The zero-order valence-corrected chi connectivity index (χ0v) is 6.49. The smallest absolute Gasteiger partial charge is 0.253 e. The fraction of sp³-hybridized carbons (Fsp3) is 0.714. The summed E-state index contributed by atoms with van der Waals surface area (Å²) in [6, 6.07) is 0. The van der Waals surface area contributed by atoms with Crippen molar-refractivity contribution in [3.05, 3.63) is 0 Å². The van der Waals surface area contributed by atoms with Crippen LogP contribution in [0.5, 0.6) is 0 Å². The molecule has 2 rings (SSSR count). The highest BCUT2D eigenvalue weighted by Gasteiger charge is 2.32. The van der Waals surface area contributed by atoms with E-state index in [0.29, 0.717) is 13.2 Å². The van der Waals surface area contributed by atoms with Gasteiger partial charge in [0.25, 0.3) is 11.8 Å². The van der Waals surface area contributed by atoms with Gasteiger partial charge in [0.1, 0.15) is 12.7 Å². The molecule has 12 heavy (non-hydrogen) atoms. The SMILES string of the molecule is O=C1CCC(=O)N1OCC1CO1. The summed E-state index contributed by atoms with van der Waals surface area (Å²) in [5.74, 6) is -0.499. The molecular weight excluding hydrogens is 162 g/mol. The Hall–Kier alpha value is -0.940. The minimum absolute atomic E-state index is 0.0752. The maximum atomic E-state index is 11.0. The Balaban J connectivity index is 1.83. The fourth-order valence-electron chi connectivity index (χ4n) is 1.02. The summed E-state index contributed by atoms with van der Waals surface area (Å²) in [6.07, 6.45) is 0.612. The first-order valence-corrected chi connectivity index (χ1v) is 3.87. The predicted molar refractivity (Wildman–Crippen MR) is 36.8 cm³/mol. The van der Waals surface area contributed by atoms with E-state index in [-0.39, 0.29) is 30.8 Å². The largest absolute Gasteiger partial charge is 0.371 e. The van der Waals surface area contributed by atoms with Gasteiger partial charge in [-0.15, -0.1) is 0 Å². The number of carbonyl (C=O) groups is 2. The van der Waals surface area contributed by atoms with Crippen molar-refractivity contribution in [2.24, 2.45) is 0 Å². The van der Waals surface area contributed by atoms with Crippen LogP contribution in [0.25, 0.3) is 0 Å². The molecule has 0 aliphatic carbocycles. The van der Waals surface area contributed by atoms with Crippen molar-refractivity contribution >= 4 is 11.8 Å². The lowest BCUT2D eigenvalue weighted by Gasteiger charge is -2.11. The molecule has 66 valence electrons.